The molecular formula is C11H15NO5. The van der Waals surface area contributed by atoms with Crippen molar-refractivity contribution in [2.75, 3.05) is 7.11 Å². The Balaban J connectivity index is 2.44. The average Bonchev–Trinajstić information content (AvgIpc) is 2.73. The van der Waals surface area contributed by atoms with Gasteiger partial charge in [-0.2, -0.15) is 0 Å². The first-order chi connectivity index (χ1) is 8.02. The minimum absolute atomic E-state index is 0.0719. The first kappa shape index (κ1) is 13.2. The van der Waals surface area contributed by atoms with Crippen LogP contribution >= 0.6 is 0 Å². The maximum Gasteiger partial charge on any atom is 0.376 e. The Morgan fingerprint density at radius 2 is 2.24 bits per heavy atom. The smallest absolute Gasteiger partial charge is 0.376 e. The van der Waals surface area contributed by atoms with Crippen molar-refractivity contribution in [1.82, 2.24) is 5.16 Å². The van der Waals surface area contributed by atoms with E-state index in [-0.39, 0.29) is 17.8 Å². The van der Waals surface area contributed by atoms with Crippen LogP contribution in [0.4, 0.5) is 0 Å². The van der Waals surface area contributed by atoms with Gasteiger partial charge >= 0.3 is 11.9 Å². The molecule has 0 N–H and O–H groups in total. The molecule has 0 spiro atoms. The third-order valence-electron chi connectivity index (χ3n) is 2.12. The normalized spacial score (nSPS) is 11.9. The summed E-state index contributed by atoms with van der Waals surface area (Å²) in [4.78, 5) is 21.8. The molecule has 94 valence electrons. The van der Waals surface area contributed by atoms with Gasteiger partial charge < -0.3 is 14.0 Å². The van der Waals surface area contributed by atoms with Gasteiger partial charge in [-0.3, -0.25) is 4.79 Å². The molecule has 0 aromatic carbocycles. The van der Waals surface area contributed by atoms with E-state index in [0.717, 1.165) is 0 Å². The lowest BCUT2D eigenvalue weighted by molar-refractivity contribution is -0.145. The van der Waals surface area contributed by atoms with Gasteiger partial charge in [0.05, 0.1) is 18.9 Å². The maximum atomic E-state index is 11.1. The summed E-state index contributed by atoms with van der Waals surface area (Å²) in [5.41, 5.74) is 0.629. The molecule has 0 saturated carbocycles. The van der Waals surface area contributed by atoms with E-state index < -0.39 is 5.97 Å². The molecular weight excluding hydrogens is 226 g/mol. The van der Waals surface area contributed by atoms with Gasteiger partial charge in [0.1, 0.15) is 0 Å². The molecule has 0 saturated heterocycles. The van der Waals surface area contributed by atoms with Gasteiger partial charge in [0, 0.05) is 13.0 Å². The number of hydrogen-bond acceptors (Lipinski definition) is 6. The second-order valence-corrected chi connectivity index (χ2v) is 3.63. The molecule has 6 heteroatoms. The standard InChI is InChI=1S/C11H15NO5/c1-7(16-8(2)13)4-5-9-6-10(17-12-9)11(14)15-3/h6-7H,4-5H2,1-3H3. The van der Waals surface area contributed by atoms with Crippen LogP contribution < -0.4 is 0 Å². The van der Waals surface area contributed by atoms with Gasteiger partial charge in [-0.1, -0.05) is 5.16 Å². The Kier molecular flexibility index (Phi) is 4.68. The monoisotopic (exact) mass is 241 g/mol. The highest BCUT2D eigenvalue weighted by Gasteiger charge is 2.14. The van der Waals surface area contributed by atoms with E-state index in [4.69, 9.17) is 9.26 Å². The van der Waals surface area contributed by atoms with Crippen LogP contribution in [-0.4, -0.2) is 30.3 Å². The highest BCUT2D eigenvalue weighted by atomic mass is 16.6. The average molecular weight is 241 g/mol. The van der Waals surface area contributed by atoms with E-state index in [1.54, 1.807) is 6.92 Å². The van der Waals surface area contributed by atoms with Crippen molar-refractivity contribution in [3.63, 3.8) is 0 Å². The summed E-state index contributed by atoms with van der Waals surface area (Å²) in [6.45, 7) is 3.16. The number of methoxy groups -OCH3 is 1. The van der Waals surface area contributed by atoms with E-state index in [9.17, 15) is 9.59 Å². The summed E-state index contributed by atoms with van der Waals surface area (Å²) < 4.78 is 14.2. The topological polar surface area (TPSA) is 78.6 Å². The summed E-state index contributed by atoms with van der Waals surface area (Å²) in [6.07, 6.45) is 0.993. The Bertz CT molecular complexity index is 398. The van der Waals surface area contributed by atoms with Gasteiger partial charge in [0.2, 0.25) is 5.76 Å². The Hall–Kier alpha value is -1.85. The molecule has 0 bridgehead atoms. The first-order valence-electron chi connectivity index (χ1n) is 5.24. The second-order valence-electron chi connectivity index (χ2n) is 3.63. The number of carbonyl (C=O) groups is 2. The van der Waals surface area contributed by atoms with Crippen LogP contribution in [0.25, 0.3) is 0 Å². The summed E-state index contributed by atoms with van der Waals surface area (Å²) >= 11 is 0. The van der Waals surface area contributed by atoms with E-state index in [2.05, 4.69) is 9.89 Å². The van der Waals surface area contributed by atoms with Crippen LogP contribution in [0.5, 0.6) is 0 Å². The minimum Gasteiger partial charge on any atom is -0.463 e. The highest BCUT2D eigenvalue weighted by Crippen LogP contribution is 2.09. The first-order valence-corrected chi connectivity index (χ1v) is 5.24. The third kappa shape index (κ3) is 4.26. The predicted molar refractivity (Wildman–Crippen MR) is 57.4 cm³/mol. The van der Waals surface area contributed by atoms with E-state index in [1.807, 2.05) is 0 Å². The lowest BCUT2D eigenvalue weighted by atomic mass is 10.1. The zero-order valence-electron chi connectivity index (χ0n) is 10.1. The van der Waals surface area contributed by atoms with Crippen molar-refractivity contribution in [2.45, 2.75) is 32.8 Å². The fourth-order valence-corrected chi connectivity index (χ4v) is 1.32. The molecule has 1 rings (SSSR count). The van der Waals surface area contributed by atoms with Gasteiger partial charge in [-0.15, -0.1) is 0 Å². The summed E-state index contributed by atoms with van der Waals surface area (Å²) in [5, 5.41) is 3.72. The molecule has 1 atom stereocenters. The zero-order chi connectivity index (χ0) is 12.8. The van der Waals surface area contributed by atoms with Gasteiger partial charge in [-0.05, 0) is 19.8 Å². The number of hydrogen-bond donors (Lipinski definition) is 0. The molecule has 0 fully saturated rings. The maximum absolute atomic E-state index is 11.1. The predicted octanol–water partition coefficient (Wildman–Crippen LogP) is 1.35. The number of esters is 2. The quantitative estimate of drug-likeness (QED) is 0.724. The fourth-order valence-electron chi connectivity index (χ4n) is 1.32. The number of aryl methyl sites for hydroxylation is 1. The summed E-state index contributed by atoms with van der Waals surface area (Å²) in [6, 6.07) is 1.52. The van der Waals surface area contributed by atoms with Crippen LogP contribution in [0.15, 0.2) is 10.6 Å². The van der Waals surface area contributed by atoms with Crippen molar-refractivity contribution < 1.29 is 23.6 Å². The summed E-state index contributed by atoms with van der Waals surface area (Å²) in [5.74, 6) is -0.799. The van der Waals surface area contributed by atoms with E-state index in [1.165, 1.54) is 20.1 Å². The molecule has 0 aliphatic heterocycles. The van der Waals surface area contributed by atoms with Crippen LogP contribution in [0.1, 0.15) is 36.5 Å². The Labute approximate surface area is 98.9 Å². The number of ether oxygens (including phenoxy) is 2. The number of aromatic nitrogens is 1. The molecule has 17 heavy (non-hydrogen) atoms. The van der Waals surface area contributed by atoms with Gasteiger partial charge in [0.25, 0.3) is 0 Å². The molecule has 1 aromatic heterocycles. The van der Waals surface area contributed by atoms with Crippen molar-refractivity contribution in [1.29, 1.82) is 0 Å². The van der Waals surface area contributed by atoms with Crippen molar-refractivity contribution >= 4 is 11.9 Å². The third-order valence-corrected chi connectivity index (χ3v) is 2.12. The van der Waals surface area contributed by atoms with Crippen LogP contribution in [0, 0.1) is 0 Å². The van der Waals surface area contributed by atoms with Gasteiger partial charge in [0.15, 0.2) is 0 Å². The molecule has 1 aromatic rings. The second kappa shape index (κ2) is 6.03. The zero-order valence-corrected chi connectivity index (χ0v) is 10.1. The highest BCUT2D eigenvalue weighted by molar-refractivity contribution is 5.86. The SMILES string of the molecule is COC(=O)c1cc(CCC(C)OC(C)=O)no1. The largest absolute Gasteiger partial charge is 0.463 e. The molecule has 0 radical (unpaired) electrons. The van der Waals surface area contributed by atoms with Crippen LogP contribution in [-0.2, 0) is 20.7 Å². The molecule has 1 heterocycles. The number of nitrogens with zero attached hydrogens (tertiary/aromatic N) is 1. The van der Waals surface area contributed by atoms with Gasteiger partial charge in [-0.25, -0.2) is 4.79 Å². The van der Waals surface area contributed by atoms with Crippen LogP contribution in [0.3, 0.4) is 0 Å². The molecule has 0 aliphatic carbocycles. The molecule has 1 unspecified atom stereocenters. The lowest BCUT2D eigenvalue weighted by Crippen LogP contribution is -2.13. The molecule has 0 amide bonds. The van der Waals surface area contributed by atoms with Crippen molar-refractivity contribution in [3.05, 3.63) is 17.5 Å². The lowest BCUT2D eigenvalue weighted by Gasteiger charge is -2.09. The van der Waals surface area contributed by atoms with E-state index >= 15 is 0 Å². The van der Waals surface area contributed by atoms with Crippen LogP contribution in [0.2, 0.25) is 0 Å². The summed E-state index contributed by atoms with van der Waals surface area (Å²) in [7, 11) is 1.27. The molecule has 0 aliphatic rings. The van der Waals surface area contributed by atoms with E-state index in [0.29, 0.717) is 18.5 Å². The number of rotatable bonds is 5. The molecule has 6 nitrogen and oxygen atoms in total. The minimum atomic E-state index is -0.559. The Morgan fingerprint density at radius 3 is 2.82 bits per heavy atom. The number of carbonyl (C=O) groups excluding carboxylic acids is 2. The van der Waals surface area contributed by atoms with Crippen molar-refractivity contribution in [3.8, 4) is 0 Å². The Morgan fingerprint density at radius 1 is 1.53 bits per heavy atom. The fraction of sp³-hybridized carbons (Fsp3) is 0.545. The van der Waals surface area contributed by atoms with Crippen molar-refractivity contribution in [2.24, 2.45) is 0 Å².